The Bertz CT molecular complexity index is 992. The van der Waals surface area contributed by atoms with Crippen LogP contribution in [0.5, 0.6) is 0 Å². The first-order valence-electron chi connectivity index (χ1n) is 9.10. The minimum absolute atomic E-state index is 0.171. The fourth-order valence-corrected chi connectivity index (χ4v) is 3.10. The van der Waals surface area contributed by atoms with Crippen molar-refractivity contribution in [3.05, 3.63) is 66.5 Å². The van der Waals surface area contributed by atoms with Crippen molar-refractivity contribution < 1.29 is 13.6 Å². The molecule has 29 heavy (non-hydrogen) atoms. The number of hydrogen-bond donors (Lipinski definition) is 1. The van der Waals surface area contributed by atoms with E-state index >= 15 is 0 Å². The summed E-state index contributed by atoms with van der Waals surface area (Å²) in [6.45, 7) is 1.97. The lowest BCUT2D eigenvalue weighted by atomic mass is 10.2. The highest BCUT2D eigenvalue weighted by Crippen LogP contribution is 2.20. The molecule has 2 aromatic heterocycles. The second-order valence-corrected chi connectivity index (χ2v) is 6.54. The van der Waals surface area contributed by atoms with Gasteiger partial charge in [-0.2, -0.15) is 0 Å². The summed E-state index contributed by atoms with van der Waals surface area (Å²) in [6, 6.07) is 9.99. The van der Waals surface area contributed by atoms with Gasteiger partial charge >= 0.3 is 6.03 Å². The summed E-state index contributed by atoms with van der Waals surface area (Å²) in [6.07, 6.45) is 3.40. The number of nitrogens with zero attached hydrogens (tertiary/aromatic N) is 5. The van der Waals surface area contributed by atoms with E-state index in [9.17, 15) is 13.6 Å². The van der Waals surface area contributed by atoms with Gasteiger partial charge in [-0.15, -0.1) is 10.2 Å². The molecular weight excluding hydrogens is 378 g/mol. The SMILES string of the molecule is O=C(Nc1cc(F)ccc1F)N1CCN(c2ccc(-c3ccncc3)nn2)CC1. The summed E-state index contributed by atoms with van der Waals surface area (Å²) < 4.78 is 27.0. The molecule has 3 aromatic rings. The smallest absolute Gasteiger partial charge is 0.322 e. The topological polar surface area (TPSA) is 74.2 Å². The third-order valence-corrected chi connectivity index (χ3v) is 4.69. The minimum Gasteiger partial charge on any atom is -0.352 e. The average Bonchev–Trinajstić information content (AvgIpc) is 2.77. The molecule has 0 spiro atoms. The van der Waals surface area contributed by atoms with Crippen LogP contribution in [-0.4, -0.2) is 52.3 Å². The molecule has 0 radical (unpaired) electrons. The number of nitrogens with one attached hydrogen (secondary N) is 1. The van der Waals surface area contributed by atoms with Crippen molar-refractivity contribution in [3.63, 3.8) is 0 Å². The Morgan fingerprint density at radius 2 is 1.69 bits per heavy atom. The first kappa shape index (κ1) is 18.7. The number of piperazine rings is 1. The maximum absolute atomic E-state index is 13.7. The van der Waals surface area contributed by atoms with Crippen LogP contribution >= 0.6 is 0 Å². The van der Waals surface area contributed by atoms with Gasteiger partial charge in [-0.3, -0.25) is 4.98 Å². The molecule has 1 fully saturated rings. The van der Waals surface area contributed by atoms with Crippen LogP contribution in [0.4, 0.5) is 25.1 Å². The number of pyridine rings is 1. The lowest BCUT2D eigenvalue weighted by molar-refractivity contribution is 0.208. The fourth-order valence-electron chi connectivity index (χ4n) is 3.10. The molecule has 148 valence electrons. The summed E-state index contributed by atoms with van der Waals surface area (Å²) in [4.78, 5) is 19.9. The maximum Gasteiger partial charge on any atom is 0.322 e. The molecule has 1 N–H and O–H groups in total. The third kappa shape index (κ3) is 4.29. The Morgan fingerprint density at radius 1 is 0.931 bits per heavy atom. The van der Waals surface area contributed by atoms with Crippen molar-refractivity contribution in [3.8, 4) is 11.3 Å². The minimum atomic E-state index is -0.678. The summed E-state index contributed by atoms with van der Waals surface area (Å²) in [5.41, 5.74) is 1.52. The maximum atomic E-state index is 13.7. The lowest BCUT2D eigenvalue weighted by Crippen LogP contribution is -2.50. The van der Waals surface area contributed by atoms with E-state index in [-0.39, 0.29) is 5.69 Å². The van der Waals surface area contributed by atoms with Gasteiger partial charge in [-0.05, 0) is 36.4 Å². The zero-order valence-electron chi connectivity index (χ0n) is 15.4. The molecular formula is C20H18F2N6O. The van der Waals surface area contributed by atoms with E-state index in [1.165, 1.54) is 0 Å². The molecule has 0 bridgehead atoms. The van der Waals surface area contributed by atoms with Crippen LogP contribution in [0.3, 0.4) is 0 Å². The van der Waals surface area contributed by atoms with E-state index in [1.807, 2.05) is 29.2 Å². The summed E-state index contributed by atoms with van der Waals surface area (Å²) >= 11 is 0. The summed E-state index contributed by atoms with van der Waals surface area (Å²) in [5, 5.41) is 11.0. The standard InChI is InChI=1S/C20H18F2N6O/c21-15-1-2-16(22)18(13-15)24-20(29)28-11-9-27(10-12-28)19-4-3-17(25-26-19)14-5-7-23-8-6-14/h1-8,13H,9-12H2,(H,24,29). The number of aromatic nitrogens is 3. The van der Waals surface area contributed by atoms with Crippen molar-refractivity contribution in [2.45, 2.75) is 0 Å². The van der Waals surface area contributed by atoms with Gasteiger partial charge in [0.2, 0.25) is 0 Å². The van der Waals surface area contributed by atoms with Crippen molar-refractivity contribution in [1.82, 2.24) is 20.1 Å². The Balaban J connectivity index is 1.35. The molecule has 1 aliphatic rings. The van der Waals surface area contributed by atoms with Crippen LogP contribution < -0.4 is 10.2 Å². The van der Waals surface area contributed by atoms with Gasteiger partial charge in [0, 0.05) is 50.2 Å². The van der Waals surface area contributed by atoms with Crippen molar-refractivity contribution in [2.24, 2.45) is 0 Å². The molecule has 1 aromatic carbocycles. The quantitative estimate of drug-likeness (QED) is 0.736. The number of hydrogen-bond acceptors (Lipinski definition) is 5. The van der Waals surface area contributed by atoms with E-state index in [4.69, 9.17) is 0 Å². The molecule has 7 nitrogen and oxygen atoms in total. The Morgan fingerprint density at radius 3 is 2.38 bits per heavy atom. The average molecular weight is 396 g/mol. The monoisotopic (exact) mass is 396 g/mol. The molecule has 2 amide bonds. The molecule has 9 heteroatoms. The second kappa shape index (κ2) is 8.17. The molecule has 0 aliphatic carbocycles. The highest BCUT2D eigenvalue weighted by molar-refractivity contribution is 5.89. The van der Waals surface area contributed by atoms with Crippen LogP contribution in [-0.2, 0) is 0 Å². The number of rotatable bonds is 3. The first-order valence-corrected chi connectivity index (χ1v) is 9.10. The fraction of sp³-hybridized carbons (Fsp3) is 0.200. The Kier molecular flexibility index (Phi) is 5.28. The molecule has 0 atom stereocenters. The summed E-state index contributed by atoms with van der Waals surface area (Å²) in [7, 11) is 0. The normalized spacial score (nSPS) is 14.0. The number of carbonyl (C=O) groups is 1. The number of amides is 2. The molecule has 1 aliphatic heterocycles. The van der Waals surface area contributed by atoms with E-state index in [1.54, 1.807) is 17.3 Å². The number of urea groups is 1. The molecule has 3 heterocycles. The molecule has 0 saturated carbocycles. The Hall–Kier alpha value is -3.62. The lowest BCUT2D eigenvalue weighted by Gasteiger charge is -2.35. The van der Waals surface area contributed by atoms with Crippen LogP contribution in [0.25, 0.3) is 11.3 Å². The zero-order valence-corrected chi connectivity index (χ0v) is 15.4. The van der Waals surface area contributed by atoms with Crippen molar-refractivity contribution in [1.29, 1.82) is 0 Å². The van der Waals surface area contributed by atoms with Gasteiger partial charge in [0.05, 0.1) is 11.4 Å². The number of carbonyl (C=O) groups excluding carboxylic acids is 1. The molecule has 1 saturated heterocycles. The van der Waals surface area contributed by atoms with Gasteiger partial charge in [0.25, 0.3) is 0 Å². The first-order chi connectivity index (χ1) is 14.1. The van der Waals surface area contributed by atoms with Crippen molar-refractivity contribution in [2.75, 3.05) is 36.4 Å². The summed E-state index contributed by atoms with van der Waals surface area (Å²) in [5.74, 6) is -0.567. The van der Waals surface area contributed by atoms with Gasteiger partial charge in [0.15, 0.2) is 5.82 Å². The molecule has 4 rings (SSSR count). The highest BCUT2D eigenvalue weighted by Gasteiger charge is 2.23. The second-order valence-electron chi connectivity index (χ2n) is 6.54. The van der Waals surface area contributed by atoms with Crippen LogP contribution in [0.2, 0.25) is 0 Å². The number of anilines is 2. The third-order valence-electron chi connectivity index (χ3n) is 4.69. The van der Waals surface area contributed by atoms with E-state index in [2.05, 4.69) is 20.5 Å². The van der Waals surface area contributed by atoms with Gasteiger partial charge in [-0.1, -0.05) is 0 Å². The van der Waals surface area contributed by atoms with Crippen LogP contribution in [0, 0.1) is 11.6 Å². The Labute approximate surface area is 166 Å². The molecule has 0 unspecified atom stereocenters. The van der Waals surface area contributed by atoms with E-state index < -0.39 is 17.7 Å². The predicted molar refractivity (Wildman–Crippen MR) is 104 cm³/mol. The van der Waals surface area contributed by atoms with Gasteiger partial charge in [-0.25, -0.2) is 13.6 Å². The van der Waals surface area contributed by atoms with E-state index in [0.717, 1.165) is 35.3 Å². The van der Waals surface area contributed by atoms with Gasteiger partial charge in [0.1, 0.15) is 11.6 Å². The van der Waals surface area contributed by atoms with E-state index in [0.29, 0.717) is 26.2 Å². The number of benzene rings is 1. The van der Waals surface area contributed by atoms with Crippen molar-refractivity contribution >= 4 is 17.5 Å². The van der Waals surface area contributed by atoms with Crippen LogP contribution in [0.1, 0.15) is 0 Å². The van der Waals surface area contributed by atoms with Crippen LogP contribution in [0.15, 0.2) is 54.9 Å². The zero-order chi connectivity index (χ0) is 20.2. The predicted octanol–water partition coefficient (Wildman–Crippen LogP) is 3.17. The largest absolute Gasteiger partial charge is 0.352 e. The number of halogens is 2. The van der Waals surface area contributed by atoms with Gasteiger partial charge < -0.3 is 15.1 Å². The highest BCUT2D eigenvalue weighted by atomic mass is 19.1.